The maximum absolute atomic E-state index is 10.3. The van der Waals surface area contributed by atoms with E-state index in [2.05, 4.69) is 15.4 Å². The van der Waals surface area contributed by atoms with Crippen LogP contribution in [-0.4, -0.2) is 32.5 Å². The molecule has 0 saturated carbocycles. The lowest BCUT2D eigenvalue weighted by molar-refractivity contribution is 0.194. The van der Waals surface area contributed by atoms with Crippen molar-refractivity contribution >= 4 is 6.09 Å². The van der Waals surface area contributed by atoms with Gasteiger partial charge in [-0.3, -0.25) is 4.68 Å². The fraction of sp³-hybridized carbons (Fsp3) is 0.182. The van der Waals surface area contributed by atoms with Gasteiger partial charge < -0.3 is 10.4 Å². The second-order valence-electron chi connectivity index (χ2n) is 3.43. The number of benzene rings is 1. The summed E-state index contributed by atoms with van der Waals surface area (Å²) in [6.45, 7) is 0.777. The Bertz CT molecular complexity index is 495. The van der Waals surface area contributed by atoms with E-state index in [1.54, 1.807) is 11.0 Å². The summed E-state index contributed by atoms with van der Waals surface area (Å²) in [5.74, 6) is 0.640. The zero-order valence-corrected chi connectivity index (χ0v) is 9.08. The first-order valence-corrected chi connectivity index (χ1v) is 5.17. The number of hydrogen-bond acceptors (Lipinski definition) is 3. The molecule has 88 valence electrons. The highest BCUT2D eigenvalue weighted by Crippen LogP contribution is 2.12. The van der Waals surface area contributed by atoms with Gasteiger partial charge in [0.1, 0.15) is 6.33 Å². The topological polar surface area (TPSA) is 80.0 Å². The maximum atomic E-state index is 10.3. The van der Waals surface area contributed by atoms with Crippen molar-refractivity contribution in [2.24, 2.45) is 0 Å². The molecule has 1 aromatic carbocycles. The summed E-state index contributed by atoms with van der Waals surface area (Å²) in [5.41, 5.74) is 0.942. The molecule has 0 spiro atoms. The Balaban J connectivity index is 1.99. The summed E-state index contributed by atoms with van der Waals surface area (Å²) >= 11 is 0. The molecule has 2 N–H and O–H groups in total. The molecule has 0 bridgehead atoms. The minimum Gasteiger partial charge on any atom is -0.465 e. The summed E-state index contributed by atoms with van der Waals surface area (Å²) in [6, 6.07) is 9.62. The fourth-order valence-electron chi connectivity index (χ4n) is 1.40. The second kappa shape index (κ2) is 5.11. The third-order valence-electron chi connectivity index (χ3n) is 2.19. The van der Waals surface area contributed by atoms with Crippen LogP contribution in [0.5, 0.6) is 0 Å². The molecule has 2 rings (SSSR count). The highest BCUT2D eigenvalue weighted by Gasteiger charge is 2.03. The van der Waals surface area contributed by atoms with Gasteiger partial charge in [-0.05, 0) is 0 Å². The van der Waals surface area contributed by atoms with Crippen molar-refractivity contribution in [2.75, 3.05) is 6.54 Å². The minimum atomic E-state index is -1.03. The molecule has 17 heavy (non-hydrogen) atoms. The molecule has 0 aliphatic rings. The first-order valence-electron chi connectivity index (χ1n) is 5.17. The van der Waals surface area contributed by atoms with Gasteiger partial charge in [0.15, 0.2) is 5.82 Å². The lowest BCUT2D eigenvalue weighted by Gasteiger charge is -2.00. The molecule has 6 heteroatoms. The van der Waals surface area contributed by atoms with Gasteiger partial charge in [-0.2, -0.15) is 5.10 Å². The van der Waals surface area contributed by atoms with Crippen LogP contribution >= 0.6 is 0 Å². The van der Waals surface area contributed by atoms with Crippen LogP contribution in [0.25, 0.3) is 11.4 Å². The zero-order chi connectivity index (χ0) is 12.1. The van der Waals surface area contributed by atoms with Crippen molar-refractivity contribution in [3.05, 3.63) is 36.7 Å². The second-order valence-corrected chi connectivity index (χ2v) is 3.43. The number of nitrogens with one attached hydrogen (secondary N) is 1. The normalized spacial score (nSPS) is 10.1. The Morgan fingerprint density at radius 2 is 2.12 bits per heavy atom. The Morgan fingerprint density at radius 3 is 2.82 bits per heavy atom. The van der Waals surface area contributed by atoms with Crippen molar-refractivity contribution in [1.29, 1.82) is 0 Å². The zero-order valence-electron chi connectivity index (χ0n) is 9.08. The van der Waals surface area contributed by atoms with Crippen LogP contribution in [0.3, 0.4) is 0 Å². The van der Waals surface area contributed by atoms with E-state index in [-0.39, 0.29) is 0 Å². The summed E-state index contributed by atoms with van der Waals surface area (Å²) in [6.07, 6.45) is 0.555. The molecular weight excluding hydrogens is 220 g/mol. The minimum absolute atomic E-state index is 0.312. The number of hydrogen-bond donors (Lipinski definition) is 2. The van der Waals surface area contributed by atoms with Crippen molar-refractivity contribution in [3.8, 4) is 11.4 Å². The molecule has 1 heterocycles. The molecule has 0 aliphatic carbocycles. The Labute approximate surface area is 97.9 Å². The van der Waals surface area contributed by atoms with Crippen molar-refractivity contribution in [1.82, 2.24) is 20.1 Å². The molecular formula is C11H12N4O2. The molecule has 0 atom stereocenters. The van der Waals surface area contributed by atoms with E-state index in [9.17, 15) is 4.79 Å². The van der Waals surface area contributed by atoms with E-state index < -0.39 is 6.09 Å². The Hall–Kier alpha value is -2.37. The van der Waals surface area contributed by atoms with Gasteiger partial charge in [0.25, 0.3) is 0 Å². The van der Waals surface area contributed by atoms with Crippen molar-refractivity contribution in [2.45, 2.75) is 6.54 Å². The molecule has 2 aromatic rings. The number of amides is 1. The first-order chi connectivity index (χ1) is 8.25. The van der Waals surface area contributed by atoms with Crippen LogP contribution < -0.4 is 5.32 Å². The van der Waals surface area contributed by atoms with Gasteiger partial charge in [-0.25, -0.2) is 9.78 Å². The molecule has 0 unspecified atom stereocenters. The molecule has 1 aromatic heterocycles. The number of nitrogens with zero attached hydrogens (tertiary/aromatic N) is 3. The highest BCUT2D eigenvalue weighted by atomic mass is 16.4. The first kappa shape index (κ1) is 11.1. The summed E-state index contributed by atoms with van der Waals surface area (Å²) in [7, 11) is 0. The van der Waals surface area contributed by atoms with Crippen molar-refractivity contribution in [3.63, 3.8) is 0 Å². The van der Waals surface area contributed by atoms with Crippen LogP contribution in [-0.2, 0) is 6.54 Å². The van der Waals surface area contributed by atoms with Crippen LogP contribution in [0.15, 0.2) is 36.7 Å². The largest absolute Gasteiger partial charge is 0.465 e. The van der Waals surface area contributed by atoms with E-state index in [4.69, 9.17) is 5.11 Å². The van der Waals surface area contributed by atoms with E-state index in [0.717, 1.165) is 5.56 Å². The monoisotopic (exact) mass is 232 g/mol. The average Bonchev–Trinajstić information content (AvgIpc) is 2.78. The van der Waals surface area contributed by atoms with E-state index in [0.29, 0.717) is 18.9 Å². The molecule has 0 radical (unpaired) electrons. The quantitative estimate of drug-likeness (QED) is 0.830. The number of carboxylic acid groups (broad SMARTS) is 1. The van der Waals surface area contributed by atoms with Gasteiger partial charge in [-0.1, -0.05) is 30.3 Å². The van der Waals surface area contributed by atoms with Gasteiger partial charge in [0, 0.05) is 12.1 Å². The fourth-order valence-corrected chi connectivity index (χ4v) is 1.40. The smallest absolute Gasteiger partial charge is 0.404 e. The number of carbonyl (C=O) groups is 1. The van der Waals surface area contributed by atoms with Gasteiger partial charge in [-0.15, -0.1) is 0 Å². The predicted molar refractivity (Wildman–Crippen MR) is 61.5 cm³/mol. The van der Waals surface area contributed by atoms with Crippen LogP contribution in [0.4, 0.5) is 4.79 Å². The third kappa shape index (κ3) is 3.04. The molecule has 6 nitrogen and oxygen atoms in total. The van der Waals surface area contributed by atoms with E-state index in [1.807, 2.05) is 30.3 Å². The highest BCUT2D eigenvalue weighted by molar-refractivity contribution is 5.64. The van der Waals surface area contributed by atoms with Crippen molar-refractivity contribution < 1.29 is 9.90 Å². The predicted octanol–water partition coefficient (Wildman–Crippen LogP) is 1.21. The van der Waals surface area contributed by atoms with Gasteiger partial charge in [0.2, 0.25) is 0 Å². The molecule has 1 amide bonds. The SMILES string of the molecule is O=C(O)NCCn1cnc(-c2ccccc2)n1. The summed E-state index contributed by atoms with van der Waals surface area (Å²) < 4.78 is 1.61. The van der Waals surface area contributed by atoms with Gasteiger partial charge >= 0.3 is 6.09 Å². The average molecular weight is 232 g/mol. The lowest BCUT2D eigenvalue weighted by Crippen LogP contribution is -2.25. The number of aromatic nitrogens is 3. The van der Waals surface area contributed by atoms with E-state index in [1.165, 1.54) is 0 Å². The summed E-state index contributed by atoms with van der Waals surface area (Å²) in [5, 5.41) is 14.9. The van der Waals surface area contributed by atoms with Crippen LogP contribution in [0, 0.1) is 0 Å². The summed E-state index contributed by atoms with van der Waals surface area (Å²) in [4.78, 5) is 14.4. The van der Waals surface area contributed by atoms with Gasteiger partial charge in [0.05, 0.1) is 6.54 Å². The molecule has 0 aliphatic heterocycles. The molecule has 0 fully saturated rings. The molecule has 0 saturated heterocycles. The standard InChI is InChI=1S/C11H12N4O2/c16-11(17)12-6-7-15-8-13-10(14-15)9-4-2-1-3-5-9/h1-5,8,12H,6-7H2,(H,16,17). The Morgan fingerprint density at radius 1 is 1.35 bits per heavy atom. The van der Waals surface area contributed by atoms with Crippen LogP contribution in [0.2, 0.25) is 0 Å². The number of rotatable bonds is 4. The maximum Gasteiger partial charge on any atom is 0.404 e. The van der Waals surface area contributed by atoms with Crippen LogP contribution in [0.1, 0.15) is 0 Å². The third-order valence-corrected chi connectivity index (χ3v) is 2.19. The Kier molecular flexibility index (Phi) is 3.34. The van der Waals surface area contributed by atoms with E-state index >= 15 is 0 Å². The lowest BCUT2D eigenvalue weighted by atomic mass is 10.2.